The number of benzene rings is 1. The van der Waals surface area contributed by atoms with E-state index in [2.05, 4.69) is 15.2 Å². The predicted octanol–water partition coefficient (Wildman–Crippen LogP) is 4.04. The van der Waals surface area contributed by atoms with Crippen molar-refractivity contribution in [1.29, 1.82) is 0 Å². The first kappa shape index (κ1) is 22.1. The zero-order valence-electron chi connectivity index (χ0n) is 17.5. The molecule has 1 aromatic heterocycles. The van der Waals surface area contributed by atoms with E-state index in [1.807, 2.05) is 32.9 Å². The Morgan fingerprint density at radius 3 is 2.67 bits per heavy atom. The highest BCUT2D eigenvalue weighted by molar-refractivity contribution is 6.31. The molecular weight excluding hydrogens is 404 g/mol. The van der Waals surface area contributed by atoms with E-state index in [1.165, 1.54) is 4.90 Å². The molecule has 1 aliphatic rings. The average Bonchev–Trinajstić information content (AvgIpc) is 2.71. The lowest BCUT2D eigenvalue weighted by atomic mass is 10.0. The van der Waals surface area contributed by atoms with Gasteiger partial charge < -0.3 is 15.3 Å². The van der Waals surface area contributed by atoms with Crippen LogP contribution in [0.2, 0.25) is 5.02 Å². The van der Waals surface area contributed by atoms with E-state index in [4.69, 9.17) is 11.6 Å². The lowest BCUT2D eigenvalue weighted by molar-refractivity contribution is 0.0710. The fraction of sp³-hybridized carbons (Fsp3) is 0.409. The van der Waals surface area contributed by atoms with Crippen LogP contribution in [-0.2, 0) is 13.0 Å². The third-order valence-electron chi connectivity index (χ3n) is 5.53. The number of aryl methyl sites for hydroxylation is 1. The summed E-state index contributed by atoms with van der Waals surface area (Å²) in [7, 11) is 0. The molecule has 1 aliphatic heterocycles. The smallest absolute Gasteiger partial charge is 0.407 e. The van der Waals surface area contributed by atoms with Gasteiger partial charge in [-0.05, 0) is 55.7 Å². The molecule has 1 aromatic carbocycles. The van der Waals surface area contributed by atoms with E-state index >= 15 is 0 Å². The molecule has 0 saturated carbocycles. The molecule has 1 fully saturated rings. The topological polar surface area (TPSA) is 85.8 Å². The first-order valence-corrected chi connectivity index (χ1v) is 10.4. The fourth-order valence-corrected chi connectivity index (χ4v) is 3.93. The Morgan fingerprint density at radius 1 is 1.30 bits per heavy atom. The van der Waals surface area contributed by atoms with Crippen LogP contribution in [0.1, 0.15) is 41.0 Å². The number of carbonyl (C=O) groups excluding carboxylic acids is 1. The average molecular weight is 431 g/mol. The Morgan fingerprint density at radius 2 is 2.07 bits per heavy atom. The van der Waals surface area contributed by atoms with Crippen LogP contribution in [-0.4, -0.2) is 57.6 Å². The van der Waals surface area contributed by atoms with Crippen LogP contribution in [0.5, 0.6) is 0 Å². The number of carbonyl (C=O) groups is 2. The summed E-state index contributed by atoms with van der Waals surface area (Å²) in [6, 6.07) is 7.19. The molecule has 0 radical (unpaired) electrons. The van der Waals surface area contributed by atoms with Crippen molar-refractivity contribution in [3.05, 3.63) is 57.9 Å². The van der Waals surface area contributed by atoms with Crippen LogP contribution < -0.4 is 5.32 Å². The number of halogens is 1. The monoisotopic (exact) mass is 430 g/mol. The van der Waals surface area contributed by atoms with E-state index in [-0.39, 0.29) is 11.9 Å². The minimum Gasteiger partial charge on any atom is -0.465 e. The number of carboxylic acid groups (broad SMARTS) is 1. The quantitative estimate of drug-likeness (QED) is 0.747. The van der Waals surface area contributed by atoms with Crippen molar-refractivity contribution in [2.75, 3.05) is 25.0 Å². The van der Waals surface area contributed by atoms with Crippen molar-refractivity contribution >= 4 is 29.3 Å². The van der Waals surface area contributed by atoms with E-state index in [0.717, 1.165) is 23.2 Å². The van der Waals surface area contributed by atoms with Gasteiger partial charge in [-0.25, -0.2) is 4.79 Å². The molecule has 2 aromatic rings. The van der Waals surface area contributed by atoms with Crippen molar-refractivity contribution in [2.24, 2.45) is 0 Å². The molecule has 2 N–H and O–H groups in total. The fourth-order valence-electron chi connectivity index (χ4n) is 3.69. The maximum atomic E-state index is 12.7. The van der Waals surface area contributed by atoms with Crippen molar-refractivity contribution in [2.45, 2.75) is 39.8 Å². The second-order valence-electron chi connectivity index (χ2n) is 7.64. The number of nitrogens with one attached hydrogen (secondary N) is 1. The molecule has 0 bridgehead atoms. The second-order valence-corrected chi connectivity index (χ2v) is 8.08. The molecule has 2 heterocycles. The van der Waals surface area contributed by atoms with Crippen LogP contribution in [0.4, 0.5) is 10.5 Å². The normalized spacial score (nSPS) is 17.1. The highest BCUT2D eigenvalue weighted by atomic mass is 35.5. The van der Waals surface area contributed by atoms with Gasteiger partial charge in [0.1, 0.15) is 0 Å². The summed E-state index contributed by atoms with van der Waals surface area (Å²) in [6.45, 7) is 8.29. The van der Waals surface area contributed by atoms with Crippen LogP contribution in [0.25, 0.3) is 0 Å². The summed E-state index contributed by atoms with van der Waals surface area (Å²) in [4.78, 5) is 31.9. The molecule has 1 saturated heterocycles. The van der Waals surface area contributed by atoms with Gasteiger partial charge in [0, 0.05) is 54.8 Å². The third kappa shape index (κ3) is 5.09. The van der Waals surface area contributed by atoms with Gasteiger partial charge in [0.2, 0.25) is 0 Å². The summed E-state index contributed by atoms with van der Waals surface area (Å²) in [5.41, 5.74) is 4.04. The summed E-state index contributed by atoms with van der Waals surface area (Å²) < 4.78 is 0. The number of piperazine rings is 1. The molecule has 0 unspecified atom stereocenters. The van der Waals surface area contributed by atoms with Crippen LogP contribution in [0.3, 0.4) is 0 Å². The van der Waals surface area contributed by atoms with Gasteiger partial charge in [-0.15, -0.1) is 0 Å². The van der Waals surface area contributed by atoms with Gasteiger partial charge >= 0.3 is 6.09 Å². The van der Waals surface area contributed by atoms with Crippen molar-refractivity contribution in [1.82, 2.24) is 14.8 Å². The molecule has 30 heavy (non-hydrogen) atoms. The van der Waals surface area contributed by atoms with E-state index < -0.39 is 6.09 Å². The molecule has 0 aliphatic carbocycles. The number of anilines is 1. The number of amides is 2. The first-order valence-electron chi connectivity index (χ1n) is 10.1. The number of rotatable bonds is 5. The van der Waals surface area contributed by atoms with E-state index in [0.29, 0.717) is 42.5 Å². The molecule has 7 nitrogen and oxygen atoms in total. The van der Waals surface area contributed by atoms with Gasteiger partial charge in [-0.3, -0.25) is 14.7 Å². The van der Waals surface area contributed by atoms with E-state index in [9.17, 15) is 14.7 Å². The summed E-state index contributed by atoms with van der Waals surface area (Å²) in [6.07, 6.45) is 1.52. The molecular formula is C22H27ClN4O3. The lowest BCUT2D eigenvalue weighted by Gasteiger charge is -2.38. The summed E-state index contributed by atoms with van der Waals surface area (Å²) >= 11 is 6.33. The molecule has 3 rings (SSSR count). The first-order chi connectivity index (χ1) is 14.3. The van der Waals surface area contributed by atoms with Gasteiger partial charge in [0.15, 0.2) is 0 Å². The number of hydrogen-bond acceptors (Lipinski definition) is 4. The Balaban J connectivity index is 1.73. The SMILES string of the molecule is CCc1ccc(C(=O)Nc2cc(Cl)cc(CN3CCN(C(=O)O)[C@@H](C)C3)c2C)cn1. The maximum absolute atomic E-state index is 12.7. The van der Waals surface area contributed by atoms with Gasteiger partial charge in [-0.2, -0.15) is 0 Å². The van der Waals surface area contributed by atoms with Crippen molar-refractivity contribution in [3.8, 4) is 0 Å². The third-order valence-corrected chi connectivity index (χ3v) is 5.75. The van der Waals surface area contributed by atoms with Gasteiger partial charge in [-0.1, -0.05) is 18.5 Å². The van der Waals surface area contributed by atoms with Crippen LogP contribution in [0, 0.1) is 6.92 Å². The summed E-state index contributed by atoms with van der Waals surface area (Å²) in [5, 5.41) is 12.7. The molecule has 1 atom stereocenters. The zero-order valence-corrected chi connectivity index (χ0v) is 18.2. The molecule has 2 amide bonds. The number of hydrogen-bond donors (Lipinski definition) is 2. The molecule has 160 valence electrons. The second kappa shape index (κ2) is 9.45. The highest BCUT2D eigenvalue weighted by Crippen LogP contribution is 2.27. The van der Waals surface area contributed by atoms with E-state index in [1.54, 1.807) is 18.3 Å². The number of aromatic nitrogens is 1. The lowest BCUT2D eigenvalue weighted by Crippen LogP contribution is -2.53. The Bertz CT molecular complexity index is 933. The standard InChI is InChI=1S/C22H27ClN4O3/c1-4-19-6-5-16(11-24-19)21(28)25-20-10-18(23)9-17(15(20)3)13-26-7-8-27(22(29)30)14(2)12-26/h5-6,9-11,14H,4,7-8,12-13H2,1-3H3,(H,25,28)(H,29,30)/t14-/m0/s1. The van der Waals surface area contributed by atoms with Gasteiger partial charge in [0.05, 0.1) is 5.56 Å². The molecule has 0 spiro atoms. The largest absolute Gasteiger partial charge is 0.465 e. The minimum absolute atomic E-state index is 0.0755. The van der Waals surface area contributed by atoms with Crippen molar-refractivity contribution in [3.63, 3.8) is 0 Å². The Labute approximate surface area is 181 Å². The summed E-state index contributed by atoms with van der Waals surface area (Å²) in [5.74, 6) is -0.231. The maximum Gasteiger partial charge on any atom is 0.407 e. The van der Waals surface area contributed by atoms with Crippen molar-refractivity contribution < 1.29 is 14.7 Å². The highest BCUT2D eigenvalue weighted by Gasteiger charge is 2.27. The predicted molar refractivity (Wildman–Crippen MR) is 117 cm³/mol. The van der Waals surface area contributed by atoms with Crippen LogP contribution in [0.15, 0.2) is 30.5 Å². The Hall–Kier alpha value is -2.64. The minimum atomic E-state index is -0.882. The molecule has 8 heteroatoms. The number of nitrogens with zero attached hydrogens (tertiary/aromatic N) is 3. The van der Waals surface area contributed by atoms with Crippen LogP contribution >= 0.6 is 11.6 Å². The zero-order chi connectivity index (χ0) is 21.8. The Kier molecular flexibility index (Phi) is 6.95. The number of pyridine rings is 1. The van der Waals surface area contributed by atoms with Gasteiger partial charge in [0.25, 0.3) is 5.91 Å².